The lowest BCUT2D eigenvalue weighted by Crippen LogP contribution is -2.30. The van der Waals surface area contributed by atoms with Crippen molar-refractivity contribution < 1.29 is 0 Å². The van der Waals surface area contributed by atoms with E-state index < -0.39 is 0 Å². The average molecular weight is 181 g/mol. The van der Waals surface area contributed by atoms with E-state index in [9.17, 15) is 0 Å². The molecule has 0 aromatic rings. The van der Waals surface area contributed by atoms with Crippen LogP contribution in [0.15, 0.2) is 12.2 Å². The maximum atomic E-state index is 3.93. The fourth-order valence-electron chi connectivity index (χ4n) is 1.95. The second-order valence-corrected chi connectivity index (χ2v) is 4.32. The molecular formula is C12H23N. The van der Waals surface area contributed by atoms with Gasteiger partial charge < -0.3 is 4.90 Å². The molecule has 0 saturated carbocycles. The van der Waals surface area contributed by atoms with Crippen molar-refractivity contribution in [3.63, 3.8) is 0 Å². The first kappa shape index (κ1) is 10.8. The summed E-state index contributed by atoms with van der Waals surface area (Å²) in [7, 11) is 0. The molecule has 1 aliphatic rings. The van der Waals surface area contributed by atoms with Crippen LogP contribution in [0.5, 0.6) is 0 Å². The van der Waals surface area contributed by atoms with E-state index in [2.05, 4.69) is 18.4 Å². The van der Waals surface area contributed by atoms with Crippen molar-refractivity contribution in [1.29, 1.82) is 0 Å². The normalized spacial score (nSPS) is 18.8. The Hall–Kier alpha value is -0.300. The number of piperidine rings is 1. The van der Waals surface area contributed by atoms with Crippen molar-refractivity contribution in [2.24, 2.45) is 0 Å². The Morgan fingerprint density at radius 2 is 1.85 bits per heavy atom. The van der Waals surface area contributed by atoms with Gasteiger partial charge in [-0.05, 0) is 58.7 Å². The molecule has 1 aliphatic heterocycles. The number of nitrogens with zero attached hydrogens (tertiary/aromatic N) is 1. The lowest BCUT2D eigenvalue weighted by atomic mass is 10.1. The topological polar surface area (TPSA) is 3.24 Å². The van der Waals surface area contributed by atoms with Gasteiger partial charge in [0.15, 0.2) is 0 Å². The predicted octanol–water partition coefficient (Wildman–Crippen LogP) is 3.22. The summed E-state index contributed by atoms with van der Waals surface area (Å²) in [6, 6.07) is 0. The molecule has 0 spiro atoms. The molecule has 1 saturated heterocycles. The van der Waals surface area contributed by atoms with Crippen LogP contribution in [0.3, 0.4) is 0 Å². The van der Waals surface area contributed by atoms with Crippen molar-refractivity contribution >= 4 is 0 Å². The Bertz CT molecular complexity index is 145. The van der Waals surface area contributed by atoms with Crippen molar-refractivity contribution in [3.05, 3.63) is 12.2 Å². The van der Waals surface area contributed by atoms with Crippen LogP contribution >= 0.6 is 0 Å². The predicted molar refractivity (Wildman–Crippen MR) is 59.0 cm³/mol. The SMILES string of the molecule is C=C(C)CCCCN1CCCCC1. The van der Waals surface area contributed by atoms with Crippen LogP contribution in [0.1, 0.15) is 45.4 Å². The zero-order valence-corrected chi connectivity index (χ0v) is 9.02. The van der Waals surface area contributed by atoms with Crippen LogP contribution in [0, 0.1) is 0 Å². The standard InChI is InChI=1S/C12H23N/c1-12(2)8-4-7-11-13-9-5-3-6-10-13/h1,3-11H2,2H3. The van der Waals surface area contributed by atoms with Gasteiger partial charge in [0.25, 0.3) is 0 Å². The summed E-state index contributed by atoms with van der Waals surface area (Å²) in [6.45, 7) is 10.0. The molecule has 0 aliphatic carbocycles. The van der Waals surface area contributed by atoms with E-state index in [1.807, 2.05) is 0 Å². The van der Waals surface area contributed by atoms with Gasteiger partial charge in [0.2, 0.25) is 0 Å². The Balaban J connectivity index is 1.95. The van der Waals surface area contributed by atoms with Gasteiger partial charge in [-0.3, -0.25) is 0 Å². The molecule has 0 atom stereocenters. The van der Waals surface area contributed by atoms with Gasteiger partial charge in [0, 0.05) is 0 Å². The Morgan fingerprint density at radius 1 is 1.15 bits per heavy atom. The summed E-state index contributed by atoms with van der Waals surface area (Å²) in [5.74, 6) is 0. The van der Waals surface area contributed by atoms with Crippen LogP contribution in [0.2, 0.25) is 0 Å². The maximum absolute atomic E-state index is 3.93. The highest BCUT2D eigenvalue weighted by Crippen LogP contribution is 2.10. The zero-order valence-electron chi connectivity index (χ0n) is 9.02. The first-order valence-corrected chi connectivity index (χ1v) is 5.66. The molecular weight excluding hydrogens is 158 g/mol. The summed E-state index contributed by atoms with van der Waals surface area (Å²) < 4.78 is 0. The van der Waals surface area contributed by atoms with Crippen molar-refractivity contribution in [1.82, 2.24) is 4.90 Å². The second-order valence-electron chi connectivity index (χ2n) is 4.32. The lowest BCUT2D eigenvalue weighted by Gasteiger charge is -2.26. The second kappa shape index (κ2) is 6.20. The molecule has 0 N–H and O–H groups in total. The molecule has 0 bridgehead atoms. The van der Waals surface area contributed by atoms with E-state index in [0.717, 1.165) is 0 Å². The number of allylic oxidation sites excluding steroid dienone is 1. The summed E-state index contributed by atoms with van der Waals surface area (Å²) in [5, 5.41) is 0. The minimum absolute atomic E-state index is 1.22. The highest BCUT2D eigenvalue weighted by atomic mass is 15.1. The quantitative estimate of drug-likeness (QED) is 0.465. The van der Waals surface area contributed by atoms with Crippen LogP contribution in [-0.2, 0) is 0 Å². The minimum atomic E-state index is 1.22. The summed E-state index contributed by atoms with van der Waals surface area (Å²) in [6.07, 6.45) is 8.18. The zero-order chi connectivity index (χ0) is 9.52. The largest absolute Gasteiger partial charge is 0.303 e. The maximum Gasteiger partial charge on any atom is -0.00186 e. The fraction of sp³-hybridized carbons (Fsp3) is 0.833. The van der Waals surface area contributed by atoms with Crippen LogP contribution in [-0.4, -0.2) is 24.5 Å². The number of hydrogen-bond acceptors (Lipinski definition) is 1. The molecule has 0 unspecified atom stereocenters. The Morgan fingerprint density at radius 3 is 2.46 bits per heavy atom. The molecule has 1 rings (SSSR count). The fourth-order valence-corrected chi connectivity index (χ4v) is 1.95. The summed E-state index contributed by atoms with van der Waals surface area (Å²) >= 11 is 0. The van der Waals surface area contributed by atoms with E-state index in [-0.39, 0.29) is 0 Å². The summed E-state index contributed by atoms with van der Waals surface area (Å²) in [5.41, 5.74) is 1.33. The third-order valence-electron chi connectivity index (χ3n) is 2.78. The highest BCUT2D eigenvalue weighted by Gasteiger charge is 2.08. The third kappa shape index (κ3) is 5.09. The van der Waals surface area contributed by atoms with Gasteiger partial charge in [-0.2, -0.15) is 0 Å². The number of hydrogen-bond donors (Lipinski definition) is 0. The van der Waals surface area contributed by atoms with Gasteiger partial charge in [0.1, 0.15) is 0 Å². The van der Waals surface area contributed by atoms with Crippen molar-refractivity contribution in [2.45, 2.75) is 45.4 Å². The monoisotopic (exact) mass is 181 g/mol. The van der Waals surface area contributed by atoms with Crippen LogP contribution < -0.4 is 0 Å². The smallest absolute Gasteiger partial charge is 0.00186 e. The van der Waals surface area contributed by atoms with Crippen LogP contribution in [0.4, 0.5) is 0 Å². The molecule has 13 heavy (non-hydrogen) atoms. The number of likely N-dealkylation sites (tertiary alicyclic amines) is 1. The van der Waals surface area contributed by atoms with Crippen LogP contribution in [0.25, 0.3) is 0 Å². The van der Waals surface area contributed by atoms with E-state index in [0.29, 0.717) is 0 Å². The molecule has 76 valence electrons. The van der Waals surface area contributed by atoms with E-state index in [4.69, 9.17) is 0 Å². The molecule has 0 aromatic heterocycles. The Labute approximate surface area is 82.8 Å². The van der Waals surface area contributed by atoms with Crippen molar-refractivity contribution in [2.75, 3.05) is 19.6 Å². The molecule has 1 heteroatoms. The number of unbranched alkanes of at least 4 members (excludes halogenated alkanes) is 1. The van der Waals surface area contributed by atoms with Gasteiger partial charge in [-0.25, -0.2) is 0 Å². The minimum Gasteiger partial charge on any atom is -0.303 e. The summed E-state index contributed by atoms with van der Waals surface area (Å²) in [4.78, 5) is 2.61. The molecule has 0 amide bonds. The first-order valence-electron chi connectivity index (χ1n) is 5.66. The number of rotatable bonds is 5. The van der Waals surface area contributed by atoms with E-state index >= 15 is 0 Å². The molecule has 1 heterocycles. The van der Waals surface area contributed by atoms with Crippen molar-refractivity contribution in [3.8, 4) is 0 Å². The highest BCUT2D eigenvalue weighted by molar-refractivity contribution is 4.87. The Kier molecular flexibility index (Phi) is 5.14. The van der Waals surface area contributed by atoms with Gasteiger partial charge in [-0.1, -0.05) is 12.0 Å². The van der Waals surface area contributed by atoms with E-state index in [1.54, 1.807) is 0 Å². The lowest BCUT2D eigenvalue weighted by molar-refractivity contribution is 0.225. The molecule has 1 nitrogen and oxygen atoms in total. The third-order valence-corrected chi connectivity index (χ3v) is 2.78. The average Bonchev–Trinajstić information content (AvgIpc) is 2.14. The van der Waals surface area contributed by atoms with E-state index in [1.165, 1.54) is 63.7 Å². The molecule has 0 radical (unpaired) electrons. The van der Waals surface area contributed by atoms with Gasteiger partial charge in [-0.15, -0.1) is 6.58 Å². The molecule has 1 fully saturated rings. The molecule has 0 aromatic carbocycles. The van der Waals surface area contributed by atoms with Gasteiger partial charge >= 0.3 is 0 Å². The first-order chi connectivity index (χ1) is 6.29. The van der Waals surface area contributed by atoms with Gasteiger partial charge in [0.05, 0.1) is 0 Å².